The van der Waals surface area contributed by atoms with Crippen LogP contribution in [0.1, 0.15) is 0 Å². The molecular formula is C49H32N2O. The predicted octanol–water partition coefficient (Wildman–Crippen LogP) is 13.8. The molecule has 10 aromatic rings. The number of hydrogen-bond donors (Lipinski definition) is 0. The zero-order valence-corrected chi connectivity index (χ0v) is 28.3. The van der Waals surface area contributed by atoms with Crippen LogP contribution >= 0.6 is 0 Å². The predicted molar refractivity (Wildman–Crippen MR) is 218 cm³/mol. The largest absolute Gasteiger partial charge is 0.452 e. The molecule has 0 aliphatic rings. The highest BCUT2D eigenvalue weighted by Gasteiger charge is 2.22. The summed E-state index contributed by atoms with van der Waals surface area (Å²) in [5.41, 5.74) is 12.4. The Bertz CT molecular complexity index is 2890. The van der Waals surface area contributed by atoms with Gasteiger partial charge in [0.2, 0.25) is 0 Å². The summed E-state index contributed by atoms with van der Waals surface area (Å²) in [6.45, 7) is 0. The highest BCUT2D eigenvalue weighted by Crippen LogP contribution is 2.45. The van der Waals surface area contributed by atoms with E-state index in [1.54, 1.807) is 0 Å². The Morgan fingerprint density at radius 1 is 0.404 bits per heavy atom. The van der Waals surface area contributed by atoms with Gasteiger partial charge in [0.25, 0.3) is 0 Å². The lowest BCUT2D eigenvalue weighted by atomic mass is 9.90. The van der Waals surface area contributed by atoms with E-state index in [4.69, 9.17) is 9.40 Å². The maximum atomic E-state index is 6.76. The molecule has 244 valence electrons. The molecule has 0 saturated carbocycles. The smallest absolute Gasteiger partial charge is 0.177 e. The lowest BCUT2D eigenvalue weighted by Crippen LogP contribution is -2.11. The van der Waals surface area contributed by atoms with Crippen molar-refractivity contribution in [1.29, 1.82) is 0 Å². The lowest BCUT2D eigenvalue weighted by molar-refractivity contribution is 0.669. The Morgan fingerprint density at radius 3 is 1.83 bits per heavy atom. The molecule has 0 aliphatic heterocycles. The van der Waals surface area contributed by atoms with Gasteiger partial charge in [0.05, 0.1) is 5.69 Å². The number of fused-ring (bicyclic) bond motifs is 5. The molecule has 2 aromatic heterocycles. The van der Waals surface area contributed by atoms with E-state index in [1.165, 1.54) is 27.5 Å². The fourth-order valence-electron chi connectivity index (χ4n) is 7.59. The van der Waals surface area contributed by atoms with Crippen molar-refractivity contribution in [2.24, 2.45) is 0 Å². The molecule has 0 atom stereocenters. The second-order valence-electron chi connectivity index (χ2n) is 13.2. The van der Waals surface area contributed by atoms with Gasteiger partial charge in [0.1, 0.15) is 11.1 Å². The van der Waals surface area contributed by atoms with Gasteiger partial charge in [0, 0.05) is 23.0 Å². The molecule has 2 heterocycles. The van der Waals surface area contributed by atoms with Gasteiger partial charge in [-0.3, -0.25) is 4.98 Å². The molecule has 3 nitrogen and oxygen atoms in total. The monoisotopic (exact) mass is 664 g/mol. The first-order valence-corrected chi connectivity index (χ1v) is 17.6. The van der Waals surface area contributed by atoms with Crippen LogP contribution in [0.3, 0.4) is 0 Å². The molecule has 0 saturated heterocycles. The van der Waals surface area contributed by atoms with Crippen LogP contribution in [0.25, 0.3) is 77.0 Å². The summed E-state index contributed by atoms with van der Waals surface area (Å²) < 4.78 is 6.76. The molecule has 0 unspecified atom stereocenters. The topological polar surface area (TPSA) is 29.3 Å². The van der Waals surface area contributed by atoms with Crippen molar-refractivity contribution >= 4 is 60.7 Å². The first kappa shape index (κ1) is 29.9. The summed E-state index contributed by atoms with van der Waals surface area (Å²) in [5, 5.41) is 5.76. The van der Waals surface area contributed by atoms with Crippen molar-refractivity contribution in [3.63, 3.8) is 0 Å². The zero-order chi connectivity index (χ0) is 34.4. The van der Waals surface area contributed by atoms with E-state index in [2.05, 4.69) is 193 Å². The standard InChI is InChI=1S/C49H32N2O/c1-3-12-33(13-4-1)34-22-24-39(25-23-34)51(46-28-29-50-48-45-30-37-17-7-8-18-38(37)31-47(45)52-49(46)48)40-26-27-43(44(32-40)36-14-5-2-6-15-36)42-21-11-19-35-16-9-10-20-41(35)42/h1-32H. The quantitative estimate of drug-likeness (QED) is 0.177. The van der Waals surface area contributed by atoms with Gasteiger partial charge in [-0.15, -0.1) is 0 Å². The third-order valence-corrected chi connectivity index (χ3v) is 10.1. The second-order valence-corrected chi connectivity index (χ2v) is 13.2. The van der Waals surface area contributed by atoms with E-state index >= 15 is 0 Å². The van der Waals surface area contributed by atoms with Crippen molar-refractivity contribution < 1.29 is 4.42 Å². The number of furan rings is 1. The molecule has 8 aromatic carbocycles. The molecule has 0 fully saturated rings. The van der Waals surface area contributed by atoms with Crippen LogP contribution < -0.4 is 4.90 Å². The maximum Gasteiger partial charge on any atom is 0.177 e. The number of nitrogens with zero attached hydrogens (tertiary/aromatic N) is 2. The Hall–Kier alpha value is -6.97. The molecular weight excluding hydrogens is 633 g/mol. The first-order valence-electron chi connectivity index (χ1n) is 17.6. The summed E-state index contributed by atoms with van der Waals surface area (Å²) in [7, 11) is 0. The fourth-order valence-corrected chi connectivity index (χ4v) is 7.59. The van der Waals surface area contributed by atoms with Crippen LogP contribution in [0.4, 0.5) is 17.1 Å². The molecule has 0 amide bonds. The molecule has 0 aliphatic carbocycles. The van der Waals surface area contributed by atoms with Crippen molar-refractivity contribution in [3.05, 3.63) is 194 Å². The van der Waals surface area contributed by atoms with Crippen LogP contribution in [0.15, 0.2) is 199 Å². The van der Waals surface area contributed by atoms with Crippen molar-refractivity contribution in [2.45, 2.75) is 0 Å². The van der Waals surface area contributed by atoms with Gasteiger partial charge in [0.15, 0.2) is 5.58 Å². The van der Waals surface area contributed by atoms with Crippen LogP contribution in [-0.2, 0) is 0 Å². The number of pyridine rings is 1. The van der Waals surface area contributed by atoms with Gasteiger partial charge in [-0.1, -0.05) is 146 Å². The number of benzene rings is 8. The van der Waals surface area contributed by atoms with Crippen molar-refractivity contribution in [1.82, 2.24) is 4.98 Å². The number of hydrogen-bond acceptors (Lipinski definition) is 3. The van der Waals surface area contributed by atoms with Gasteiger partial charge in [-0.25, -0.2) is 0 Å². The van der Waals surface area contributed by atoms with Crippen LogP contribution in [0.2, 0.25) is 0 Å². The molecule has 0 spiro atoms. The van der Waals surface area contributed by atoms with E-state index in [0.717, 1.165) is 66.6 Å². The van der Waals surface area contributed by atoms with Crippen LogP contribution in [-0.4, -0.2) is 4.98 Å². The Kier molecular flexibility index (Phi) is 7.14. The van der Waals surface area contributed by atoms with Crippen LogP contribution in [0, 0.1) is 0 Å². The van der Waals surface area contributed by atoms with E-state index in [1.807, 2.05) is 6.20 Å². The van der Waals surface area contributed by atoms with E-state index < -0.39 is 0 Å². The summed E-state index contributed by atoms with van der Waals surface area (Å²) >= 11 is 0. The lowest BCUT2D eigenvalue weighted by Gasteiger charge is -2.27. The highest BCUT2D eigenvalue weighted by molar-refractivity contribution is 6.12. The Labute approximate surface area is 301 Å². The maximum absolute atomic E-state index is 6.76. The van der Waals surface area contributed by atoms with Gasteiger partial charge >= 0.3 is 0 Å². The van der Waals surface area contributed by atoms with Gasteiger partial charge < -0.3 is 9.32 Å². The SMILES string of the molecule is c1ccc(-c2ccc(N(c3ccc(-c4cccc5ccccc45)c(-c4ccccc4)c3)c3ccnc4c3oc3cc5ccccc5cc34)cc2)cc1. The summed E-state index contributed by atoms with van der Waals surface area (Å²) in [6, 6.07) is 66.8. The molecule has 0 N–H and O–H groups in total. The van der Waals surface area contributed by atoms with Gasteiger partial charge in [-0.05, 0) is 97.4 Å². The molecule has 52 heavy (non-hydrogen) atoms. The van der Waals surface area contributed by atoms with Crippen LogP contribution in [0.5, 0.6) is 0 Å². The summed E-state index contributed by atoms with van der Waals surface area (Å²) in [6.07, 6.45) is 1.90. The molecule has 3 heteroatoms. The molecule has 0 bridgehead atoms. The Morgan fingerprint density at radius 2 is 1.04 bits per heavy atom. The average molecular weight is 665 g/mol. The summed E-state index contributed by atoms with van der Waals surface area (Å²) in [5.74, 6) is 0. The van der Waals surface area contributed by atoms with E-state index in [-0.39, 0.29) is 0 Å². The second kappa shape index (κ2) is 12.4. The third-order valence-electron chi connectivity index (χ3n) is 10.1. The minimum Gasteiger partial charge on any atom is -0.452 e. The zero-order valence-electron chi connectivity index (χ0n) is 28.3. The number of anilines is 3. The Balaban J connectivity index is 1.22. The van der Waals surface area contributed by atoms with E-state index in [0.29, 0.717) is 0 Å². The van der Waals surface area contributed by atoms with Crippen molar-refractivity contribution in [2.75, 3.05) is 4.90 Å². The fraction of sp³-hybridized carbons (Fsp3) is 0. The number of rotatable bonds is 6. The number of aromatic nitrogens is 1. The summed E-state index contributed by atoms with van der Waals surface area (Å²) in [4.78, 5) is 7.19. The van der Waals surface area contributed by atoms with E-state index in [9.17, 15) is 0 Å². The third kappa shape index (κ3) is 5.10. The highest BCUT2D eigenvalue weighted by atomic mass is 16.3. The van der Waals surface area contributed by atoms with Gasteiger partial charge in [-0.2, -0.15) is 0 Å². The minimum absolute atomic E-state index is 0.749. The minimum atomic E-state index is 0.749. The average Bonchev–Trinajstić information content (AvgIpc) is 3.59. The van der Waals surface area contributed by atoms with Crippen molar-refractivity contribution in [3.8, 4) is 33.4 Å². The molecule has 10 rings (SSSR count). The first-order chi connectivity index (χ1) is 25.8. The normalized spacial score (nSPS) is 11.5. The molecule has 0 radical (unpaired) electrons.